The molecule has 1 saturated carbocycles. The van der Waals surface area contributed by atoms with Crippen LogP contribution in [0.25, 0.3) is 0 Å². The Kier molecular flexibility index (Phi) is 5.30. The molecule has 0 bridgehead atoms. The first-order valence-electron chi connectivity index (χ1n) is 7.77. The number of nitrogens with zero attached hydrogens (tertiary/aromatic N) is 1. The van der Waals surface area contributed by atoms with Gasteiger partial charge in [0.05, 0.1) is 0 Å². The molecule has 0 spiro atoms. The van der Waals surface area contributed by atoms with Crippen molar-refractivity contribution >= 4 is 0 Å². The van der Waals surface area contributed by atoms with Crippen LogP contribution in [0.5, 0.6) is 0 Å². The number of hydrogen-bond donors (Lipinski definition) is 1. The average molecular weight is 238 g/mol. The summed E-state index contributed by atoms with van der Waals surface area (Å²) in [5.41, 5.74) is 0. The molecule has 2 nitrogen and oxygen atoms in total. The number of hydrogen-bond acceptors (Lipinski definition) is 2. The quantitative estimate of drug-likeness (QED) is 0.765. The first-order valence-corrected chi connectivity index (χ1v) is 7.77. The Hall–Kier alpha value is -0.0800. The third-order valence-electron chi connectivity index (χ3n) is 4.35. The van der Waals surface area contributed by atoms with Gasteiger partial charge in [0.15, 0.2) is 0 Å². The van der Waals surface area contributed by atoms with Crippen molar-refractivity contribution in [2.45, 2.75) is 70.9 Å². The molecule has 2 unspecified atom stereocenters. The summed E-state index contributed by atoms with van der Waals surface area (Å²) in [6, 6.07) is 1.73. The highest BCUT2D eigenvalue weighted by molar-refractivity contribution is 4.82. The molecule has 0 aromatic carbocycles. The Morgan fingerprint density at radius 2 is 2.00 bits per heavy atom. The molecular weight excluding hydrogens is 208 g/mol. The fraction of sp³-hybridized carbons (Fsp3) is 1.00. The number of nitrogens with one attached hydrogen (secondary N) is 1. The fourth-order valence-electron chi connectivity index (χ4n) is 3.06. The Balaban J connectivity index is 1.72. The van der Waals surface area contributed by atoms with Crippen molar-refractivity contribution in [1.29, 1.82) is 0 Å². The van der Waals surface area contributed by atoms with E-state index in [0.717, 1.165) is 18.0 Å². The minimum Gasteiger partial charge on any atom is -0.314 e. The lowest BCUT2D eigenvalue weighted by Crippen LogP contribution is -2.40. The van der Waals surface area contributed by atoms with Crippen LogP contribution in [-0.2, 0) is 0 Å². The molecule has 1 heterocycles. The highest BCUT2D eigenvalue weighted by atomic mass is 15.2. The zero-order valence-electron chi connectivity index (χ0n) is 11.8. The van der Waals surface area contributed by atoms with Gasteiger partial charge in [-0.2, -0.15) is 0 Å². The van der Waals surface area contributed by atoms with Crippen LogP contribution in [0.2, 0.25) is 0 Å². The molecule has 2 atom stereocenters. The van der Waals surface area contributed by atoms with Gasteiger partial charge in [0, 0.05) is 18.6 Å². The summed E-state index contributed by atoms with van der Waals surface area (Å²) in [5, 5.41) is 3.67. The van der Waals surface area contributed by atoms with E-state index < -0.39 is 0 Å². The molecule has 17 heavy (non-hydrogen) atoms. The zero-order chi connectivity index (χ0) is 12.1. The van der Waals surface area contributed by atoms with Crippen LogP contribution in [0.1, 0.15) is 58.8 Å². The second-order valence-corrected chi connectivity index (χ2v) is 6.19. The van der Waals surface area contributed by atoms with Crippen LogP contribution in [0.15, 0.2) is 0 Å². The van der Waals surface area contributed by atoms with Crippen LogP contribution in [0, 0.1) is 5.92 Å². The molecule has 1 aliphatic carbocycles. The van der Waals surface area contributed by atoms with Gasteiger partial charge in [0.2, 0.25) is 0 Å². The van der Waals surface area contributed by atoms with Crippen LogP contribution in [0.4, 0.5) is 0 Å². The third-order valence-corrected chi connectivity index (χ3v) is 4.35. The van der Waals surface area contributed by atoms with Crippen molar-refractivity contribution in [1.82, 2.24) is 10.2 Å². The molecule has 2 aliphatic rings. The highest BCUT2D eigenvalue weighted by Gasteiger charge is 2.23. The summed E-state index contributed by atoms with van der Waals surface area (Å²) < 4.78 is 0. The van der Waals surface area contributed by atoms with E-state index in [0.29, 0.717) is 0 Å². The molecule has 1 saturated heterocycles. The average Bonchev–Trinajstić information content (AvgIpc) is 3.14. The van der Waals surface area contributed by atoms with Crippen molar-refractivity contribution in [2.75, 3.05) is 19.6 Å². The van der Waals surface area contributed by atoms with Gasteiger partial charge in [0.1, 0.15) is 0 Å². The van der Waals surface area contributed by atoms with Crippen molar-refractivity contribution in [2.24, 2.45) is 5.92 Å². The Morgan fingerprint density at radius 1 is 1.18 bits per heavy atom. The predicted molar refractivity (Wildman–Crippen MR) is 74.3 cm³/mol. The second kappa shape index (κ2) is 6.75. The lowest BCUT2D eigenvalue weighted by atomic mass is 10.1. The van der Waals surface area contributed by atoms with Crippen molar-refractivity contribution < 1.29 is 0 Å². The molecule has 1 N–H and O–H groups in total. The first kappa shape index (κ1) is 13.4. The maximum Gasteiger partial charge on any atom is 0.00927 e. The molecule has 2 rings (SSSR count). The molecule has 1 aliphatic heterocycles. The van der Waals surface area contributed by atoms with Crippen LogP contribution < -0.4 is 5.32 Å². The summed E-state index contributed by atoms with van der Waals surface area (Å²) >= 11 is 0. The predicted octanol–water partition coefficient (Wildman–Crippen LogP) is 3.03. The van der Waals surface area contributed by atoms with Gasteiger partial charge in [-0.05, 0) is 51.1 Å². The van der Waals surface area contributed by atoms with Gasteiger partial charge in [-0.15, -0.1) is 0 Å². The van der Waals surface area contributed by atoms with E-state index in [1.54, 1.807) is 0 Å². The maximum absolute atomic E-state index is 3.67. The summed E-state index contributed by atoms with van der Waals surface area (Å²) in [6.45, 7) is 8.63. The Bertz CT molecular complexity index is 213. The fourth-order valence-corrected chi connectivity index (χ4v) is 3.06. The Morgan fingerprint density at radius 3 is 2.71 bits per heavy atom. The maximum atomic E-state index is 3.67. The number of rotatable bonds is 6. The minimum atomic E-state index is 0.808. The van der Waals surface area contributed by atoms with Gasteiger partial charge in [-0.3, -0.25) is 0 Å². The summed E-state index contributed by atoms with van der Waals surface area (Å²) in [4.78, 5) is 2.77. The normalized spacial score (nSPS) is 28.9. The number of likely N-dealkylation sites (tertiary alicyclic amines) is 1. The van der Waals surface area contributed by atoms with Gasteiger partial charge < -0.3 is 10.2 Å². The van der Waals surface area contributed by atoms with E-state index in [2.05, 4.69) is 24.1 Å². The van der Waals surface area contributed by atoms with Crippen LogP contribution in [0.3, 0.4) is 0 Å². The zero-order valence-corrected chi connectivity index (χ0v) is 11.8. The molecule has 0 aromatic rings. The lowest BCUT2D eigenvalue weighted by Gasteiger charge is -2.31. The molecule has 0 aromatic heterocycles. The van der Waals surface area contributed by atoms with Gasteiger partial charge in [-0.25, -0.2) is 0 Å². The van der Waals surface area contributed by atoms with E-state index in [-0.39, 0.29) is 0 Å². The third kappa shape index (κ3) is 4.59. The van der Waals surface area contributed by atoms with Gasteiger partial charge in [0.25, 0.3) is 0 Å². The molecule has 100 valence electrons. The Labute approximate surface area is 107 Å². The second-order valence-electron chi connectivity index (χ2n) is 6.19. The van der Waals surface area contributed by atoms with E-state index >= 15 is 0 Å². The van der Waals surface area contributed by atoms with E-state index in [1.807, 2.05) is 0 Å². The van der Waals surface area contributed by atoms with Gasteiger partial charge in [-0.1, -0.05) is 26.7 Å². The molecule has 2 fully saturated rings. The standard InChI is InChI=1S/C15H30N2/c1-3-15-7-5-4-6-10-17(15)12-13(2)11-16-14-8-9-14/h13-16H,3-12H2,1-2H3. The van der Waals surface area contributed by atoms with Crippen molar-refractivity contribution in [3.8, 4) is 0 Å². The summed E-state index contributed by atoms with van der Waals surface area (Å²) in [7, 11) is 0. The molecule has 0 amide bonds. The summed E-state index contributed by atoms with van der Waals surface area (Å²) in [6.07, 6.45) is 9.90. The van der Waals surface area contributed by atoms with Crippen LogP contribution >= 0.6 is 0 Å². The topological polar surface area (TPSA) is 15.3 Å². The molecule has 2 heteroatoms. The lowest BCUT2D eigenvalue weighted by molar-refractivity contribution is 0.168. The van der Waals surface area contributed by atoms with Crippen molar-refractivity contribution in [3.63, 3.8) is 0 Å². The van der Waals surface area contributed by atoms with Crippen LogP contribution in [-0.4, -0.2) is 36.6 Å². The van der Waals surface area contributed by atoms with E-state index in [4.69, 9.17) is 0 Å². The summed E-state index contributed by atoms with van der Waals surface area (Å²) in [5.74, 6) is 0.808. The molecule has 0 radical (unpaired) electrons. The largest absolute Gasteiger partial charge is 0.314 e. The highest BCUT2D eigenvalue weighted by Crippen LogP contribution is 2.21. The first-order chi connectivity index (χ1) is 8.29. The smallest absolute Gasteiger partial charge is 0.00927 e. The van der Waals surface area contributed by atoms with E-state index in [9.17, 15) is 0 Å². The molecular formula is C15H30N2. The SMILES string of the molecule is CCC1CCCCCN1CC(C)CNC1CC1. The minimum absolute atomic E-state index is 0.808. The van der Waals surface area contributed by atoms with E-state index in [1.165, 1.54) is 64.6 Å². The van der Waals surface area contributed by atoms with Gasteiger partial charge >= 0.3 is 0 Å². The van der Waals surface area contributed by atoms with Crippen molar-refractivity contribution in [3.05, 3.63) is 0 Å². The monoisotopic (exact) mass is 238 g/mol.